The van der Waals surface area contributed by atoms with Crippen LogP contribution >= 0.6 is 11.3 Å². The number of aromatic nitrogens is 2. The molecule has 0 radical (unpaired) electrons. The molecule has 76 valence electrons. The summed E-state index contributed by atoms with van der Waals surface area (Å²) in [6.07, 6.45) is 6.97. The number of terminal acetylenes is 1. The predicted octanol–water partition coefficient (Wildman–Crippen LogP) is 1.47. The fraction of sp³-hybridized carbons (Fsp3) is 0.200. The molecule has 0 fully saturated rings. The molecule has 4 nitrogen and oxygen atoms in total. The van der Waals surface area contributed by atoms with Gasteiger partial charge in [-0.05, 0) is 12.8 Å². The predicted molar refractivity (Wildman–Crippen MR) is 57.1 cm³/mol. The van der Waals surface area contributed by atoms with Crippen molar-refractivity contribution in [2.45, 2.75) is 6.92 Å². The van der Waals surface area contributed by atoms with Crippen LogP contribution in [0.1, 0.15) is 21.1 Å². The molecule has 2 aromatic heterocycles. The van der Waals surface area contributed by atoms with Gasteiger partial charge in [0.1, 0.15) is 10.6 Å². The third-order valence-electron chi connectivity index (χ3n) is 2.09. The Bertz CT molecular complexity index is 574. The minimum atomic E-state index is -0.354. The van der Waals surface area contributed by atoms with Gasteiger partial charge in [-0.25, -0.2) is 9.78 Å². The first-order valence-corrected chi connectivity index (χ1v) is 5.02. The molecule has 2 rings (SSSR count). The summed E-state index contributed by atoms with van der Waals surface area (Å²) < 4.78 is 6.42. The highest BCUT2D eigenvalue weighted by Gasteiger charge is 2.14. The molecular weight excluding hydrogens is 212 g/mol. The van der Waals surface area contributed by atoms with Crippen LogP contribution in [0.5, 0.6) is 0 Å². The Hall–Kier alpha value is -1.80. The highest BCUT2D eigenvalue weighted by Crippen LogP contribution is 2.21. The first-order valence-electron chi connectivity index (χ1n) is 4.20. The number of nitrogens with zero attached hydrogens (tertiary/aromatic N) is 2. The maximum absolute atomic E-state index is 11.3. The molecule has 0 aliphatic carbocycles. The van der Waals surface area contributed by atoms with Crippen LogP contribution in [-0.2, 0) is 4.74 Å². The summed E-state index contributed by atoms with van der Waals surface area (Å²) in [4.78, 5) is 16.7. The van der Waals surface area contributed by atoms with E-state index in [9.17, 15) is 4.79 Å². The molecule has 5 heteroatoms. The Labute approximate surface area is 90.5 Å². The number of methoxy groups -OCH3 is 1. The number of carbonyl (C=O) groups is 1. The van der Waals surface area contributed by atoms with Gasteiger partial charge in [-0.2, -0.15) is 0 Å². The lowest BCUT2D eigenvalue weighted by molar-refractivity contribution is 0.0606. The molecule has 0 aliphatic heterocycles. The normalized spacial score (nSPS) is 10.2. The van der Waals surface area contributed by atoms with Gasteiger partial charge in [-0.1, -0.05) is 11.3 Å². The van der Waals surface area contributed by atoms with E-state index in [-0.39, 0.29) is 5.97 Å². The van der Waals surface area contributed by atoms with E-state index in [1.165, 1.54) is 18.4 Å². The number of rotatable bonds is 1. The van der Waals surface area contributed by atoms with Crippen molar-refractivity contribution >= 4 is 22.3 Å². The van der Waals surface area contributed by atoms with E-state index >= 15 is 0 Å². The van der Waals surface area contributed by atoms with Crippen LogP contribution in [0, 0.1) is 19.3 Å². The van der Waals surface area contributed by atoms with Crippen molar-refractivity contribution < 1.29 is 9.53 Å². The lowest BCUT2D eigenvalue weighted by Gasteiger charge is -1.92. The summed E-state index contributed by atoms with van der Waals surface area (Å²) >= 11 is 1.26. The molecule has 0 aliphatic rings. The second-order valence-corrected chi connectivity index (χ2v) is 3.94. The molecule has 0 saturated carbocycles. The van der Waals surface area contributed by atoms with Crippen molar-refractivity contribution in [3.05, 3.63) is 22.5 Å². The molecule has 15 heavy (non-hydrogen) atoms. The molecule has 0 aromatic carbocycles. The van der Waals surface area contributed by atoms with Crippen LogP contribution in [0.3, 0.4) is 0 Å². The van der Waals surface area contributed by atoms with Gasteiger partial charge in [0.15, 0.2) is 4.96 Å². The van der Waals surface area contributed by atoms with E-state index in [4.69, 9.17) is 6.42 Å². The monoisotopic (exact) mass is 220 g/mol. The van der Waals surface area contributed by atoms with Gasteiger partial charge in [0.05, 0.1) is 12.8 Å². The average molecular weight is 220 g/mol. The first kappa shape index (κ1) is 9.74. The fourth-order valence-electron chi connectivity index (χ4n) is 1.29. The maximum Gasteiger partial charge on any atom is 0.349 e. The summed E-state index contributed by atoms with van der Waals surface area (Å²) in [5.41, 5.74) is 1.47. The van der Waals surface area contributed by atoms with Crippen molar-refractivity contribution in [3.63, 3.8) is 0 Å². The third-order valence-corrected chi connectivity index (χ3v) is 3.05. The highest BCUT2D eigenvalue weighted by molar-refractivity contribution is 7.18. The molecule has 0 amide bonds. The highest BCUT2D eigenvalue weighted by atomic mass is 32.1. The van der Waals surface area contributed by atoms with Crippen LogP contribution in [-0.4, -0.2) is 22.5 Å². The van der Waals surface area contributed by atoms with Crippen LogP contribution in [0.2, 0.25) is 0 Å². The number of hydrogen-bond acceptors (Lipinski definition) is 4. The Morgan fingerprint density at radius 1 is 1.73 bits per heavy atom. The zero-order chi connectivity index (χ0) is 11.0. The molecule has 0 N–H and O–H groups in total. The number of hydrogen-bond donors (Lipinski definition) is 0. The van der Waals surface area contributed by atoms with Crippen molar-refractivity contribution in [1.82, 2.24) is 9.38 Å². The van der Waals surface area contributed by atoms with Gasteiger partial charge < -0.3 is 4.74 Å². The molecule has 2 heterocycles. The largest absolute Gasteiger partial charge is 0.465 e. The number of aryl methyl sites for hydroxylation is 1. The Morgan fingerprint density at radius 2 is 2.47 bits per heavy atom. The first-order chi connectivity index (χ1) is 7.17. The van der Waals surface area contributed by atoms with Gasteiger partial charge in [-0.3, -0.25) is 4.40 Å². The minimum absolute atomic E-state index is 0.354. The third kappa shape index (κ3) is 1.39. The lowest BCUT2D eigenvalue weighted by Crippen LogP contribution is -1.97. The van der Waals surface area contributed by atoms with Crippen molar-refractivity contribution in [2.24, 2.45) is 0 Å². The van der Waals surface area contributed by atoms with E-state index in [1.807, 2.05) is 6.92 Å². The topological polar surface area (TPSA) is 43.6 Å². The minimum Gasteiger partial charge on any atom is -0.465 e. The standard InChI is InChI=1S/C10H8N2O2S/c1-4-7-6(2)12-5-8(9(13)14-3)15-10(12)11-7/h1,5H,2-3H3. The lowest BCUT2D eigenvalue weighted by atomic mass is 10.3. The fourth-order valence-corrected chi connectivity index (χ4v) is 2.23. The summed E-state index contributed by atoms with van der Waals surface area (Å²) in [5, 5.41) is 0. The molecule has 0 atom stereocenters. The van der Waals surface area contributed by atoms with Crippen LogP contribution in [0.15, 0.2) is 6.20 Å². The molecule has 0 spiro atoms. The number of fused-ring (bicyclic) bond motifs is 1. The van der Waals surface area contributed by atoms with E-state index < -0.39 is 0 Å². The van der Waals surface area contributed by atoms with Crippen LogP contribution in [0.25, 0.3) is 4.96 Å². The summed E-state index contributed by atoms with van der Waals surface area (Å²) in [6, 6.07) is 0. The number of esters is 1. The number of carbonyl (C=O) groups excluding carboxylic acids is 1. The summed E-state index contributed by atoms with van der Waals surface area (Å²) in [6.45, 7) is 1.86. The molecule has 0 unspecified atom stereocenters. The van der Waals surface area contributed by atoms with E-state index in [1.54, 1.807) is 10.6 Å². The van der Waals surface area contributed by atoms with Crippen molar-refractivity contribution in [2.75, 3.05) is 7.11 Å². The van der Waals surface area contributed by atoms with Gasteiger partial charge in [0.2, 0.25) is 0 Å². The SMILES string of the molecule is C#Cc1nc2sc(C(=O)OC)cn2c1C. The quantitative estimate of drug-likeness (QED) is 0.540. The van der Waals surface area contributed by atoms with Gasteiger partial charge in [-0.15, -0.1) is 6.42 Å². The maximum atomic E-state index is 11.3. The summed E-state index contributed by atoms with van der Waals surface area (Å²) in [7, 11) is 1.35. The molecule has 0 bridgehead atoms. The van der Waals surface area contributed by atoms with Crippen molar-refractivity contribution in [3.8, 4) is 12.3 Å². The number of ether oxygens (including phenoxy) is 1. The van der Waals surface area contributed by atoms with Gasteiger partial charge in [0, 0.05) is 6.20 Å². The Kier molecular flexibility index (Phi) is 2.21. The van der Waals surface area contributed by atoms with Crippen molar-refractivity contribution in [1.29, 1.82) is 0 Å². The van der Waals surface area contributed by atoms with Gasteiger partial charge >= 0.3 is 5.97 Å². The van der Waals surface area contributed by atoms with E-state index in [0.717, 1.165) is 5.69 Å². The molecular formula is C10H8N2O2S. The molecule has 2 aromatic rings. The van der Waals surface area contributed by atoms with E-state index in [2.05, 4.69) is 15.6 Å². The zero-order valence-corrected chi connectivity index (χ0v) is 9.09. The van der Waals surface area contributed by atoms with E-state index in [0.29, 0.717) is 15.5 Å². The Balaban J connectivity index is 2.60. The Morgan fingerprint density at radius 3 is 3.00 bits per heavy atom. The summed E-state index contributed by atoms with van der Waals surface area (Å²) in [5.74, 6) is 2.14. The molecule has 0 saturated heterocycles. The smallest absolute Gasteiger partial charge is 0.349 e. The average Bonchev–Trinajstić information content (AvgIpc) is 2.77. The second-order valence-electron chi connectivity index (χ2n) is 2.93. The second kappa shape index (κ2) is 3.41. The van der Waals surface area contributed by atoms with Crippen LogP contribution < -0.4 is 0 Å². The number of imidazole rings is 1. The number of thiazole rings is 1. The van der Waals surface area contributed by atoms with Crippen LogP contribution in [0.4, 0.5) is 0 Å². The zero-order valence-electron chi connectivity index (χ0n) is 8.27. The van der Waals surface area contributed by atoms with Gasteiger partial charge in [0.25, 0.3) is 0 Å².